The molecule has 6 heterocycles. The van der Waals surface area contributed by atoms with E-state index in [4.69, 9.17) is 15.2 Å². The molecule has 240 valence electrons. The molecular formula is C28H32F7N7O2. The van der Waals surface area contributed by atoms with E-state index in [1.807, 2.05) is 0 Å². The zero-order chi connectivity index (χ0) is 31.9. The molecule has 3 aromatic rings. The molecule has 3 aliphatic heterocycles. The number of aryl methyl sites for hydroxylation is 1. The topological polar surface area (TPSA) is 103 Å². The minimum Gasteiger partial charge on any atom is -0.475 e. The number of hydrogen-bond donors (Lipinski definition) is 1. The molecule has 0 aliphatic carbocycles. The fourth-order valence-corrected chi connectivity index (χ4v) is 6.01. The smallest absolute Gasteiger partial charge is 0.418 e. The molecular weight excluding hydrogens is 599 g/mol. The second-order valence-electron chi connectivity index (χ2n) is 11.0. The van der Waals surface area contributed by atoms with Crippen LogP contribution in [0.4, 0.5) is 42.4 Å². The maximum absolute atomic E-state index is 15.9. The molecule has 0 amide bonds. The Morgan fingerprint density at radius 2 is 1.93 bits per heavy atom. The highest BCUT2D eigenvalue weighted by Crippen LogP contribution is 2.44. The van der Waals surface area contributed by atoms with Crippen LogP contribution in [0.3, 0.4) is 0 Å². The number of fused-ring (bicyclic) bond motifs is 1. The highest BCUT2D eigenvalue weighted by atomic mass is 19.4. The van der Waals surface area contributed by atoms with E-state index < -0.39 is 65.1 Å². The monoisotopic (exact) mass is 631 g/mol. The summed E-state index contributed by atoms with van der Waals surface area (Å²) in [6, 6.07) is 0.654. The van der Waals surface area contributed by atoms with Crippen LogP contribution in [0, 0.1) is 12.7 Å². The lowest BCUT2D eigenvalue weighted by Gasteiger charge is -2.28. The molecule has 3 aromatic heterocycles. The zero-order valence-electron chi connectivity index (χ0n) is 24.3. The summed E-state index contributed by atoms with van der Waals surface area (Å²) in [5.74, 6) is -1.71. The third-order valence-corrected chi connectivity index (χ3v) is 7.97. The van der Waals surface area contributed by atoms with E-state index in [-0.39, 0.29) is 42.1 Å². The fourth-order valence-electron chi connectivity index (χ4n) is 6.01. The number of halogens is 7. The summed E-state index contributed by atoms with van der Waals surface area (Å²) in [5, 5.41) is -0.0713. The number of ether oxygens (including phenoxy) is 2. The molecule has 0 radical (unpaired) electrons. The van der Waals surface area contributed by atoms with Crippen LogP contribution >= 0.6 is 0 Å². The van der Waals surface area contributed by atoms with E-state index in [0.29, 0.717) is 12.6 Å². The Morgan fingerprint density at radius 1 is 1.18 bits per heavy atom. The van der Waals surface area contributed by atoms with E-state index in [2.05, 4.69) is 24.8 Å². The van der Waals surface area contributed by atoms with Gasteiger partial charge in [-0.15, -0.1) is 0 Å². The lowest BCUT2D eigenvalue weighted by molar-refractivity contribution is -0.137. The molecule has 0 spiro atoms. The zero-order valence-corrected chi connectivity index (χ0v) is 24.3. The predicted octanol–water partition coefficient (Wildman–Crippen LogP) is 5.58. The summed E-state index contributed by atoms with van der Waals surface area (Å²) >= 11 is 0. The number of hydrogen-bond acceptors (Lipinski definition) is 9. The van der Waals surface area contributed by atoms with Crippen molar-refractivity contribution in [3.05, 3.63) is 23.1 Å². The van der Waals surface area contributed by atoms with Crippen LogP contribution < -0.4 is 20.1 Å². The summed E-state index contributed by atoms with van der Waals surface area (Å²) < 4.78 is 107. The van der Waals surface area contributed by atoms with E-state index in [1.165, 1.54) is 24.9 Å². The number of alkyl halides is 6. The first-order chi connectivity index (χ1) is 20.8. The summed E-state index contributed by atoms with van der Waals surface area (Å²) in [5.41, 5.74) is 2.19. The normalized spacial score (nSPS) is 21.6. The summed E-state index contributed by atoms with van der Waals surface area (Å²) in [6.45, 7) is 4.38. The van der Waals surface area contributed by atoms with Crippen LogP contribution in [0.2, 0.25) is 0 Å². The van der Waals surface area contributed by atoms with Gasteiger partial charge in [0.25, 0.3) is 0 Å². The summed E-state index contributed by atoms with van der Waals surface area (Å²) in [4.78, 5) is 19.7. The van der Waals surface area contributed by atoms with Gasteiger partial charge in [-0.2, -0.15) is 23.1 Å². The Morgan fingerprint density at radius 3 is 2.59 bits per heavy atom. The molecule has 16 heteroatoms. The van der Waals surface area contributed by atoms with Gasteiger partial charge in [0, 0.05) is 31.1 Å². The predicted molar refractivity (Wildman–Crippen MR) is 148 cm³/mol. The number of methoxy groups -OCH3 is 1. The number of rotatable bonds is 5. The number of aromatic nitrogens is 4. The maximum atomic E-state index is 15.9. The summed E-state index contributed by atoms with van der Waals surface area (Å²) in [7, 11) is 1.21. The molecule has 3 atom stereocenters. The van der Waals surface area contributed by atoms with E-state index in [0.717, 1.165) is 26.0 Å². The molecule has 0 bridgehead atoms. The maximum Gasteiger partial charge on any atom is 0.418 e. The standard InChI is InChI=1S/C21H20F6N6O2.C7H12FN/c1-8-7-35-19-13-17(31-20(34-3)32-18(13)33(8)5-4-11(22)23)15(24)16(30-19)10-6-12(28)29-9(2)14(10)21(25,26)27;8-6-4-7-2-1-3-9(7)5-6/h6,8,11H,4-5,7H2,1-3H3,(H2,28,29);6-7H,1-5H2/t8-;/m0./s1. The average Bonchev–Trinajstić information content (AvgIpc) is 3.48. The lowest BCUT2D eigenvalue weighted by Crippen LogP contribution is -2.38. The molecule has 2 fully saturated rings. The van der Waals surface area contributed by atoms with Crippen molar-refractivity contribution in [3.8, 4) is 23.1 Å². The number of nitrogens with zero attached hydrogens (tertiary/aromatic N) is 6. The largest absolute Gasteiger partial charge is 0.475 e. The van der Waals surface area contributed by atoms with Crippen LogP contribution in [0.25, 0.3) is 22.2 Å². The van der Waals surface area contributed by atoms with Crippen LogP contribution in [0.15, 0.2) is 6.07 Å². The van der Waals surface area contributed by atoms with Crippen molar-refractivity contribution in [2.75, 3.05) is 44.0 Å². The highest BCUT2D eigenvalue weighted by Gasteiger charge is 2.39. The Labute approximate surface area is 248 Å². The van der Waals surface area contributed by atoms with Gasteiger partial charge in [0.2, 0.25) is 12.3 Å². The van der Waals surface area contributed by atoms with Crippen LogP contribution in [0.5, 0.6) is 11.9 Å². The minimum atomic E-state index is -4.90. The van der Waals surface area contributed by atoms with Gasteiger partial charge in [0.05, 0.1) is 24.4 Å². The van der Waals surface area contributed by atoms with Crippen molar-refractivity contribution in [1.29, 1.82) is 0 Å². The first-order valence-electron chi connectivity index (χ1n) is 14.1. The molecule has 2 saturated heterocycles. The quantitative estimate of drug-likeness (QED) is 0.362. The van der Waals surface area contributed by atoms with Crippen LogP contribution in [-0.4, -0.2) is 82.9 Å². The van der Waals surface area contributed by atoms with Gasteiger partial charge < -0.3 is 20.1 Å². The van der Waals surface area contributed by atoms with Crippen LogP contribution in [0.1, 0.15) is 43.9 Å². The van der Waals surface area contributed by atoms with Gasteiger partial charge in [-0.25, -0.2) is 27.5 Å². The highest BCUT2D eigenvalue weighted by molar-refractivity contribution is 5.97. The molecule has 9 nitrogen and oxygen atoms in total. The Kier molecular flexibility index (Phi) is 8.92. The van der Waals surface area contributed by atoms with Crippen molar-refractivity contribution in [3.63, 3.8) is 0 Å². The van der Waals surface area contributed by atoms with Crippen molar-refractivity contribution >= 4 is 22.5 Å². The third-order valence-electron chi connectivity index (χ3n) is 7.97. The van der Waals surface area contributed by atoms with E-state index in [9.17, 15) is 26.3 Å². The van der Waals surface area contributed by atoms with Gasteiger partial charge >= 0.3 is 12.2 Å². The first kappa shape index (κ1) is 31.7. The Bertz CT molecular complexity index is 1510. The molecule has 6 rings (SSSR count). The van der Waals surface area contributed by atoms with E-state index >= 15 is 4.39 Å². The van der Waals surface area contributed by atoms with Crippen molar-refractivity contribution in [2.45, 2.75) is 70.4 Å². The van der Waals surface area contributed by atoms with Gasteiger partial charge in [-0.3, -0.25) is 4.90 Å². The van der Waals surface area contributed by atoms with E-state index in [1.54, 1.807) is 6.92 Å². The number of anilines is 2. The Balaban J connectivity index is 0.000000361. The van der Waals surface area contributed by atoms with Crippen molar-refractivity contribution in [1.82, 2.24) is 24.8 Å². The first-order valence-corrected chi connectivity index (χ1v) is 14.1. The van der Waals surface area contributed by atoms with Gasteiger partial charge in [0.15, 0.2) is 5.82 Å². The van der Waals surface area contributed by atoms with Gasteiger partial charge in [0.1, 0.15) is 41.0 Å². The number of nitrogens with two attached hydrogens (primary N) is 1. The lowest BCUT2D eigenvalue weighted by atomic mass is 10.0. The molecule has 3 aliphatic rings. The number of nitrogen functional groups attached to an aromatic ring is 1. The summed E-state index contributed by atoms with van der Waals surface area (Å²) in [6.07, 6.45) is -5.20. The second-order valence-corrected chi connectivity index (χ2v) is 11.0. The average molecular weight is 632 g/mol. The molecule has 2 N–H and O–H groups in total. The molecule has 2 unspecified atom stereocenters. The van der Waals surface area contributed by atoms with Gasteiger partial charge in [-0.1, -0.05) is 0 Å². The SMILES string of the molecule is COc1nc2c3c(nc(-c4cc(N)nc(C)c4C(F)(F)F)c(F)c3n1)OC[C@H](C)N2CCC(F)F.FC1CC2CCCN2C1. The van der Waals surface area contributed by atoms with Crippen LogP contribution in [-0.2, 0) is 6.18 Å². The minimum absolute atomic E-state index is 0.0203. The molecule has 0 aromatic carbocycles. The number of pyridine rings is 2. The van der Waals surface area contributed by atoms with Crippen molar-refractivity contribution in [2.24, 2.45) is 0 Å². The molecule has 0 saturated carbocycles. The fraction of sp³-hybridized carbons (Fsp3) is 0.571. The molecule has 44 heavy (non-hydrogen) atoms. The Hall–Kier alpha value is -3.69. The van der Waals surface area contributed by atoms with Crippen molar-refractivity contribution < 1.29 is 40.2 Å². The second kappa shape index (κ2) is 12.4. The third kappa shape index (κ3) is 6.26. The van der Waals surface area contributed by atoms with Gasteiger partial charge in [-0.05, 0) is 45.7 Å².